The molecule has 1 unspecified atom stereocenters. The van der Waals surface area contributed by atoms with E-state index in [9.17, 15) is 5.11 Å². The molecule has 1 aromatic heterocycles. The zero-order valence-corrected chi connectivity index (χ0v) is 12.2. The third kappa shape index (κ3) is 2.16. The molecule has 0 bridgehead atoms. The van der Waals surface area contributed by atoms with Crippen molar-refractivity contribution in [1.82, 2.24) is 0 Å². The Balaban J connectivity index is 2.28. The van der Waals surface area contributed by atoms with Crippen molar-refractivity contribution in [3.05, 3.63) is 93.1 Å². The number of benzene rings is 2. The SMILES string of the molecule is OC(c1ccccc1)(c1cccs1)c1ccccc1Cl. The minimum Gasteiger partial charge on any atom is -0.375 e. The molecular weight excluding hydrogens is 288 g/mol. The standard InChI is InChI=1S/C17H13ClOS/c18-15-10-5-4-9-14(15)17(19,16-11-6-12-20-16)13-7-2-1-3-8-13/h1-12,19H. The molecule has 0 aliphatic heterocycles. The molecule has 1 nitrogen and oxygen atoms in total. The fourth-order valence-corrected chi connectivity index (χ4v) is 3.48. The summed E-state index contributed by atoms with van der Waals surface area (Å²) >= 11 is 7.84. The van der Waals surface area contributed by atoms with Gasteiger partial charge >= 0.3 is 0 Å². The van der Waals surface area contributed by atoms with Crippen LogP contribution in [0, 0.1) is 0 Å². The van der Waals surface area contributed by atoms with Crippen molar-refractivity contribution in [2.24, 2.45) is 0 Å². The Labute approximate surface area is 127 Å². The van der Waals surface area contributed by atoms with Gasteiger partial charge in [-0.15, -0.1) is 11.3 Å². The van der Waals surface area contributed by atoms with E-state index in [1.807, 2.05) is 66.0 Å². The number of rotatable bonds is 3. The first-order chi connectivity index (χ1) is 9.73. The highest BCUT2D eigenvalue weighted by Crippen LogP contribution is 2.41. The molecule has 3 rings (SSSR count). The van der Waals surface area contributed by atoms with Crippen molar-refractivity contribution >= 4 is 22.9 Å². The molecule has 0 radical (unpaired) electrons. The summed E-state index contributed by atoms with van der Waals surface area (Å²) < 4.78 is 0. The van der Waals surface area contributed by atoms with E-state index in [-0.39, 0.29) is 0 Å². The van der Waals surface area contributed by atoms with Gasteiger partial charge in [0.25, 0.3) is 0 Å². The molecule has 20 heavy (non-hydrogen) atoms. The molecule has 0 aliphatic rings. The van der Waals surface area contributed by atoms with Crippen molar-refractivity contribution < 1.29 is 5.11 Å². The summed E-state index contributed by atoms with van der Waals surface area (Å²) in [5.41, 5.74) is 0.305. The van der Waals surface area contributed by atoms with Gasteiger partial charge in [-0.25, -0.2) is 0 Å². The average molecular weight is 301 g/mol. The Hall–Kier alpha value is -1.61. The number of halogens is 1. The molecule has 3 heteroatoms. The molecule has 100 valence electrons. The van der Waals surface area contributed by atoms with E-state index >= 15 is 0 Å². The van der Waals surface area contributed by atoms with Gasteiger partial charge in [0.2, 0.25) is 0 Å². The third-order valence-corrected chi connectivity index (χ3v) is 4.64. The Morgan fingerprint density at radius 2 is 1.55 bits per heavy atom. The molecule has 0 spiro atoms. The lowest BCUT2D eigenvalue weighted by molar-refractivity contribution is 0.130. The fourth-order valence-electron chi connectivity index (χ4n) is 2.35. The summed E-state index contributed by atoms with van der Waals surface area (Å²) in [5.74, 6) is 0. The zero-order chi connectivity index (χ0) is 14.0. The largest absolute Gasteiger partial charge is 0.375 e. The van der Waals surface area contributed by atoms with Crippen LogP contribution in [0.5, 0.6) is 0 Å². The van der Waals surface area contributed by atoms with Crippen LogP contribution in [0.4, 0.5) is 0 Å². The van der Waals surface area contributed by atoms with Crippen molar-refractivity contribution in [1.29, 1.82) is 0 Å². The van der Waals surface area contributed by atoms with E-state index in [0.717, 1.165) is 10.4 Å². The third-order valence-electron chi connectivity index (χ3n) is 3.33. The lowest BCUT2D eigenvalue weighted by atomic mass is 9.85. The Morgan fingerprint density at radius 1 is 0.850 bits per heavy atom. The van der Waals surface area contributed by atoms with Crippen LogP contribution in [-0.4, -0.2) is 5.11 Å². The van der Waals surface area contributed by atoms with Crippen LogP contribution in [-0.2, 0) is 5.60 Å². The second kappa shape index (κ2) is 5.41. The fraction of sp³-hybridized carbons (Fsp3) is 0.0588. The minimum atomic E-state index is -1.21. The van der Waals surface area contributed by atoms with Crippen molar-refractivity contribution in [3.8, 4) is 0 Å². The molecule has 1 heterocycles. The second-order valence-corrected chi connectivity index (χ2v) is 5.89. The summed E-state index contributed by atoms with van der Waals surface area (Å²) in [7, 11) is 0. The maximum absolute atomic E-state index is 11.4. The zero-order valence-electron chi connectivity index (χ0n) is 10.7. The van der Waals surface area contributed by atoms with Gasteiger partial charge in [0, 0.05) is 15.5 Å². The van der Waals surface area contributed by atoms with Gasteiger partial charge in [0.05, 0.1) is 0 Å². The van der Waals surface area contributed by atoms with Crippen molar-refractivity contribution in [3.63, 3.8) is 0 Å². The highest BCUT2D eigenvalue weighted by atomic mass is 35.5. The molecule has 0 aliphatic carbocycles. The van der Waals surface area contributed by atoms with E-state index < -0.39 is 5.60 Å². The number of hydrogen-bond donors (Lipinski definition) is 1. The predicted molar refractivity (Wildman–Crippen MR) is 84.3 cm³/mol. The maximum atomic E-state index is 11.4. The topological polar surface area (TPSA) is 20.2 Å². The monoisotopic (exact) mass is 300 g/mol. The van der Waals surface area contributed by atoms with Gasteiger partial charge in [0.15, 0.2) is 5.60 Å². The van der Waals surface area contributed by atoms with E-state index in [0.29, 0.717) is 10.6 Å². The Morgan fingerprint density at radius 3 is 2.20 bits per heavy atom. The first kappa shape index (κ1) is 13.4. The summed E-state index contributed by atoms with van der Waals surface area (Å²) in [6.07, 6.45) is 0. The summed E-state index contributed by atoms with van der Waals surface area (Å²) in [6.45, 7) is 0. The van der Waals surface area contributed by atoms with Gasteiger partial charge < -0.3 is 5.11 Å². The van der Waals surface area contributed by atoms with Gasteiger partial charge in [-0.2, -0.15) is 0 Å². The van der Waals surface area contributed by atoms with Crippen LogP contribution < -0.4 is 0 Å². The van der Waals surface area contributed by atoms with E-state index in [4.69, 9.17) is 11.6 Å². The lowest BCUT2D eigenvalue weighted by Crippen LogP contribution is -2.28. The van der Waals surface area contributed by atoms with Gasteiger partial charge in [-0.3, -0.25) is 0 Å². The van der Waals surface area contributed by atoms with E-state index in [1.54, 1.807) is 6.07 Å². The molecule has 1 atom stereocenters. The van der Waals surface area contributed by atoms with Gasteiger partial charge in [-0.1, -0.05) is 66.2 Å². The van der Waals surface area contributed by atoms with Crippen molar-refractivity contribution in [2.45, 2.75) is 5.60 Å². The molecule has 0 fully saturated rings. The number of hydrogen-bond acceptors (Lipinski definition) is 2. The number of thiophene rings is 1. The quantitative estimate of drug-likeness (QED) is 0.744. The van der Waals surface area contributed by atoms with Gasteiger partial charge in [-0.05, 0) is 23.1 Å². The molecule has 2 aromatic carbocycles. The lowest BCUT2D eigenvalue weighted by Gasteiger charge is -2.29. The van der Waals surface area contributed by atoms with Crippen molar-refractivity contribution in [2.75, 3.05) is 0 Å². The van der Waals surface area contributed by atoms with E-state index in [2.05, 4.69) is 0 Å². The Kier molecular flexibility index (Phi) is 3.62. The van der Waals surface area contributed by atoms with Crippen LogP contribution in [0.25, 0.3) is 0 Å². The number of aliphatic hydroxyl groups is 1. The smallest absolute Gasteiger partial charge is 0.151 e. The normalized spacial score (nSPS) is 13.9. The first-order valence-corrected chi connectivity index (χ1v) is 7.55. The van der Waals surface area contributed by atoms with Crippen LogP contribution in [0.2, 0.25) is 5.02 Å². The summed E-state index contributed by atoms with van der Waals surface area (Å²) in [4.78, 5) is 0.858. The molecule has 3 aromatic rings. The predicted octanol–water partition coefficient (Wildman–Crippen LogP) is 4.69. The molecule has 0 amide bonds. The first-order valence-electron chi connectivity index (χ1n) is 6.30. The average Bonchev–Trinajstić information content (AvgIpc) is 3.03. The minimum absolute atomic E-state index is 0.562. The maximum Gasteiger partial charge on any atom is 0.151 e. The van der Waals surface area contributed by atoms with E-state index in [1.165, 1.54) is 11.3 Å². The second-order valence-electron chi connectivity index (χ2n) is 4.53. The molecule has 0 saturated carbocycles. The van der Waals surface area contributed by atoms with Crippen LogP contribution in [0.15, 0.2) is 72.1 Å². The summed E-state index contributed by atoms with van der Waals surface area (Å²) in [5, 5.41) is 13.9. The highest BCUT2D eigenvalue weighted by molar-refractivity contribution is 7.10. The molecule has 0 saturated heterocycles. The molecule has 1 N–H and O–H groups in total. The van der Waals surface area contributed by atoms with Crippen LogP contribution in [0.3, 0.4) is 0 Å². The van der Waals surface area contributed by atoms with Gasteiger partial charge in [0.1, 0.15) is 0 Å². The Bertz CT molecular complexity index is 694. The van der Waals surface area contributed by atoms with Crippen LogP contribution in [0.1, 0.15) is 16.0 Å². The highest BCUT2D eigenvalue weighted by Gasteiger charge is 2.36. The van der Waals surface area contributed by atoms with Crippen LogP contribution >= 0.6 is 22.9 Å². The summed E-state index contributed by atoms with van der Waals surface area (Å²) in [6, 6.07) is 20.9. The molecular formula is C17H13ClOS.